The maximum Gasteiger partial charge on any atom is 0.111 e. The molecule has 102 valence electrons. The van der Waals surface area contributed by atoms with E-state index in [9.17, 15) is 0 Å². The van der Waals surface area contributed by atoms with Crippen LogP contribution in [0.15, 0.2) is 30.5 Å². The van der Waals surface area contributed by atoms with Crippen molar-refractivity contribution in [1.82, 2.24) is 9.55 Å². The number of benzene rings is 1. The van der Waals surface area contributed by atoms with Crippen LogP contribution in [0.3, 0.4) is 0 Å². The second kappa shape index (κ2) is 4.72. The minimum Gasteiger partial charge on any atom is -0.399 e. The highest BCUT2D eigenvalue weighted by atomic mass is 15.1. The van der Waals surface area contributed by atoms with Crippen LogP contribution in [0.1, 0.15) is 50.7 Å². The Morgan fingerprint density at radius 1 is 1.16 bits per heavy atom. The molecular weight excluding hydrogens is 234 g/mol. The molecule has 0 radical (unpaired) electrons. The number of nitrogens with zero attached hydrogens (tertiary/aromatic N) is 2. The third-order valence-corrected chi connectivity index (χ3v) is 3.81. The van der Waals surface area contributed by atoms with Crippen LogP contribution in [0.2, 0.25) is 0 Å². The second-order valence-electron chi connectivity index (χ2n) is 5.96. The average Bonchev–Trinajstić information content (AvgIpc) is 2.72. The van der Waals surface area contributed by atoms with Gasteiger partial charge in [-0.3, -0.25) is 0 Å². The number of nitrogen functional groups attached to an aromatic ring is 1. The highest BCUT2D eigenvalue weighted by Crippen LogP contribution is 2.32. The molecular formula is C16H23N3. The first-order chi connectivity index (χ1) is 8.84. The molecule has 0 saturated heterocycles. The Kier molecular flexibility index (Phi) is 3.40. The van der Waals surface area contributed by atoms with E-state index in [-0.39, 0.29) is 5.41 Å². The molecule has 2 rings (SSSR count). The summed E-state index contributed by atoms with van der Waals surface area (Å²) in [4.78, 5) is 4.56. The van der Waals surface area contributed by atoms with E-state index in [1.54, 1.807) is 0 Å². The zero-order valence-corrected chi connectivity index (χ0v) is 12.4. The Bertz CT molecular complexity index is 562. The zero-order valence-electron chi connectivity index (χ0n) is 12.4. The second-order valence-corrected chi connectivity index (χ2v) is 5.96. The number of nitrogens with two attached hydrogens (primary N) is 1. The molecule has 1 aromatic carbocycles. The Hall–Kier alpha value is -1.77. The number of rotatable bonds is 3. The molecule has 3 heteroatoms. The fraction of sp³-hybridized carbons (Fsp3) is 0.438. The predicted molar refractivity (Wildman–Crippen MR) is 80.3 cm³/mol. The largest absolute Gasteiger partial charge is 0.399 e. The minimum absolute atomic E-state index is 0.0808. The van der Waals surface area contributed by atoms with Crippen molar-refractivity contribution in [2.24, 2.45) is 7.05 Å². The van der Waals surface area contributed by atoms with Crippen molar-refractivity contribution in [3.05, 3.63) is 47.5 Å². The monoisotopic (exact) mass is 257 g/mol. The van der Waals surface area contributed by atoms with Gasteiger partial charge in [0.15, 0.2) is 0 Å². The summed E-state index contributed by atoms with van der Waals surface area (Å²) in [5.41, 5.74) is 8.96. The van der Waals surface area contributed by atoms with Gasteiger partial charge in [0, 0.05) is 36.0 Å². The summed E-state index contributed by atoms with van der Waals surface area (Å²) in [5, 5.41) is 0. The summed E-state index contributed by atoms with van der Waals surface area (Å²) in [7, 11) is 2.09. The highest BCUT2D eigenvalue weighted by Gasteiger charge is 2.27. The highest BCUT2D eigenvalue weighted by molar-refractivity contribution is 5.43. The van der Waals surface area contributed by atoms with Gasteiger partial charge in [-0.15, -0.1) is 0 Å². The van der Waals surface area contributed by atoms with Crippen LogP contribution in [-0.2, 0) is 12.5 Å². The smallest absolute Gasteiger partial charge is 0.111 e. The first kappa shape index (κ1) is 13.7. The maximum atomic E-state index is 5.76. The number of anilines is 1. The number of hydrogen-bond donors (Lipinski definition) is 1. The fourth-order valence-corrected chi connectivity index (χ4v) is 2.59. The van der Waals surface area contributed by atoms with E-state index in [1.165, 1.54) is 11.3 Å². The van der Waals surface area contributed by atoms with Gasteiger partial charge in [0.2, 0.25) is 0 Å². The normalized spacial score (nSPS) is 12.1. The molecule has 0 amide bonds. The maximum absolute atomic E-state index is 5.76. The lowest BCUT2D eigenvalue weighted by atomic mass is 9.81. The van der Waals surface area contributed by atoms with Crippen LogP contribution < -0.4 is 5.73 Å². The standard InChI is InChI=1S/C16H23N3/c1-11(2)15-18-10-14(19(15)5)16(3,4)12-6-8-13(17)9-7-12/h6-11H,17H2,1-5H3. The van der Waals surface area contributed by atoms with Crippen molar-refractivity contribution in [2.45, 2.75) is 39.0 Å². The van der Waals surface area contributed by atoms with Crippen molar-refractivity contribution < 1.29 is 0 Å². The number of imidazole rings is 1. The summed E-state index contributed by atoms with van der Waals surface area (Å²) in [6.07, 6.45) is 1.99. The van der Waals surface area contributed by atoms with E-state index in [2.05, 4.69) is 56.4 Å². The molecule has 19 heavy (non-hydrogen) atoms. The van der Waals surface area contributed by atoms with Gasteiger partial charge in [-0.2, -0.15) is 0 Å². The molecule has 2 aromatic rings. The molecule has 0 spiro atoms. The number of aromatic nitrogens is 2. The van der Waals surface area contributed by atoms with Gasteiger partial charge in [-0.25, -0.2) is 4.98 Å². The van der Waals surface area contributed by atoms with E-state index in [4.69, 9.17) is 5.73 Å². The summed E-state index contributed by atoms with van der Waals surface area (Å²) in [6, 6.07) is 8.10. The topological polar surface area (TPSA) is 43.8 Å². The summed E-state index contributed by atoms with van der Waals surface area (Å²) in [6.45, 7) is 8.78. The van der Waals surface area contributed by atoms with Crippen LogP contribution in [-0.4, -0.2) is 9.55 Å². The van der Waals surface area contributed by atoms with Gasteiger partial charge in [0.1, 0.15) is 5.82 Å². The van der Waals surface area contributed by atoms with Gasteiger partial charge < -0.3 is 10.3 Å². The first-order valence-corrected chi connectivity index (χ1v) is 6.72. The summed E-state index contributed by atoms with van der Waals surface area (Å²) < 4.78 is 2.21. The van der Waals surface area contributed by atoms with E-state index >= 15 is 0 Å². The van der Waals surface area contributed by atoms with Gasteiger partial charge in [-0.05, 0) is 17.7 Å². The molecule has 0 aliphatic carbocycles. The van der Waals surface area contributed by atoms with Crippen molar-refractivity contribution in [2.75, 3.05) is 5.73 Å². The molecule has 0 unspecified atom stereocenters. The Balaban J connectivity index is 2.47. The van der Waals surface area contributed by atoms with Crippen molar-refractivity contribution in [1.29, 1.82) is 0 Å². The molecule has 0 aliphatic heterocycles. The molecule has 1 heterocycles. The minimum atomic E-state index is -0.0808. The third kappa shape index (κ3) is 2.37. The van der Waals surface area contributed by atoms with E-state index < -0.39 is 0 Å². The van der Waals surface area contributed by atoms with E-state index in [1.807, 2.05) is 18.3 Å². The van der Waals surface area contributed by atoms with Crippen LogP contribution in [0.5, 0.6) is 0 Å². The van der Waals surface area contributed by atoms with Crippen molar-refractivity contribution >= 4 is 5.69 Å². The molecule has 2 N–H and O–H groups in total. The fourth-order valence-electron chi connectivity index (χ4n) is 2.59. The Morgan fingerprint density at radius 3 is 2.21 bits per heavy atom. The lowest BCUT2D eigenvalue weighted by molar-refractivity contribution is 0.569. The molecule has 0 atom stereocenters. The molecule has 1 aromatic heterocycles. The third-order valence-electron chi connectivity index (χ3n) is 3.81. The number of hydrogen-bond acceptors (Lipinski definition) is 2. The van der Waals surface area contributed by atoms with Crippen LogP contribution >= 0.6 is 0 Å². The molecule has 0 bridgehead atoms. The predicted octanol–water partition coefficient (Wildman–Crippen LogP) is 3.45. The zero-order chi connectivity index (χ0) is 14.2. The van der Waals surface area contributed by atoms with E-state index in [0.29, 0.717) is 5.92 Å². The summed E-state index contributed by atoms with van der Waals surface area (Å²) in [5.74, 6) is 1.56. The first-order valence-electron chi connectivity index (χ1n) is 6.72. The Morgan fingerprint density at radius 2 is 1.74 bits per heavy atom. The van der Waals surface area contributed by atoms with Gasteiger partial charge in [0.05, 0.1) is 0 Å². The molecule has 0 fully saturated rings. The lowest BCUT2D eigenvalue weighted by Gasteiger charge is -2.26. The molecule has 0 aliphatic rings. The average molecular weight is 257 g/mol. The SMILES string of the molecule is CC(C)c1ncc(C(C)(C)c2ccc(N)cc2)n1C. The Labute approximate surface area is 115 Å². The van der Waals surface area contributed by atoms with E-state index in [0.717, 1.165) is 11.5 Å². The van der Waals surface area contributed by atoms with Crippen LogP contribution in [0.4, 0.5) is 5.69 Å². The van der Waals surface area contributed by atoms with Crippen LogP contribution in [0.25, 0.3) is 0 Å². The van der Waals surface area contributed by atoms with Gasteiger partial charge >= 0.3 is 0 Å². The van der Waals surface area contributed by atoms with Crippen LogP contribution in [0, 0.1) is 0 Å². The van der Waals surface area contributed by atoms with Gasteiger partial charge in [-0.1, -0.05) is 39.8 Å². The quantitative estimate of drug-likeness (QED) is 0.856. The van der Waals surface area contributed by atoms with Crippen molar-refractivity contribution in [3.63, 3.8) is 0 Å². The molecule has 3 nitrogen and oxygen atoms in total. The summed E-state index contributed by atoms with van der Waals surface area (Å²) >= 11 is 0. The van der Waals surface area contributed by atoms with Crippen molar-refractivity contribution in [3.8, 4) is 0 Å². The van der Waals surface area contributed by atoms with Gasteiger partial charge in [0.25, 0.3) is 0 Å². The molecule has 0 saturated carbocycles. The lowest BCUT2D eigenvalue weighted by Crippen LogP contribution is -2.23.